The average Bonchev–Trinajstić information content (AvgIpc) is 2.27. The molecule has 0 aromatic carbocycles. The molecule has 0 spiro atoms. The van der Waals surface area contributed by atoms with Crippen molar-refractivity contribution in [3.05, 3.63) is 0 Å². The first-order chi connectivity index (χ1) is 8.32. The predicted molar refractivity (Wildman–Crippen MR) is 55.1 cm³/mol. The van der Waals surface area contributed by atoms with Gasteiger partial charge < -0.3 is 29.5 Å². The van der Waals surface area contributed by atoms with Crippen molar-refractivity contribution in [1.82, 2.24) is 0 Å². The van der Waals surface area contributed by atoms with Gasteiger partial charge in [0.05, 0.1) is 0 Å². The van der Waals surface area contributed by atoms with Crippen LogP contribution in [0.2, 0.25) is 0 Å². The van der Waals surface area contributed by atoms with Crippen LogP contribution in [0.5, 0.6) is 0 Å². The number of rotatable bonds is 3. The van der Waals surface area contributed by atoms with Gasteiger partial charge in [-0.05, 0) is 0 Å². The van der Waals surface area contributed by atoms with Crippen LogP contribution >= 0.6 is 0 Å². The molecule has 0 amide bonds. The van der Waals surface area contributed by atoms with E-state index >= 15 is 0 Å². The Morgan fingerprint density at radius 2 is 1.72 bits per heavy atom. The number of hydrogen-bond acceptors (Lipinski definition) is 8. The molecule has 104 valence electrons. The van der Waals surface area contributed by atoms with Crippen LogP contribution in [0.3, 0.4) is 0 Å². The normalized spacial score (nSPS) is 35.9. The minimum Gasteiger partial charge on any atom is -0.463 e. The first-order valence-electron chi connectivity index (χ1n) is 5.33. The topological polar surface area (TPSA) is 123 Å². The van der Waals surface area contributed by atoms with Crippen molar-refractivity contribution in [3.63, 3.8) is 0 Å². The van der Waals surface area contributed by atoms with Crippen LogP contribution in [-0.4, -0.2) is 64.6 Å². The van der Waals surface area contributed by atoms with Crippen LogP contribution < -0.4 is 0 Å². The first-order valence-corrected chi connectivity index (χ1v) is 5.33. The summed E-state index contributed by atoms with van der Waals surface area (Å²) >= 11 is 0. The Morgan fingerprint density at radius 1 is 1.11 bits per heavy atom. The highest BCUT2D eigenvalue weighted by Gasteiger charge is 2.46. The van der Waals surface area contributed by atoms with Crippen molar-refractivity contribution in [1.29, 1.82) is 0 Å². The van der Waals surface area contributed by atoms with Gasteiger partial charge in [-0.25, -0.2) is 0 Å². The molecule has 0 bridgehead atoms. The zero-order chi connectivity index (χ0) is 13.9. The number of esters is 2. The third-order valence-electron chi connectivity index (χ3n) is 2.42. The highest BCUT2D eigenvalue weighted by atomic mass is 16.7. The van der Waals surface area contributed by atoms with Crippen molar-refractivity contribution in [3.8, 4) is 0 Å². The summed E-state index contributed by atoms with van der Waals surface area (Å²) in [5.74, 6) is -1.32. The molecule has 1 heterocycles. The minimum atomic E-state index is -1.60. The summed E-state index contributed by atoms with van der Waals surface area (Å²) in [5.41, 5.74) is 0. The summed E-state index contributed by atoms with van der Waals surface area (Å²) in [6.07, 6.45) is -7.06. The minimum absolute atomic E-state index is 0.322. The Hall–Kier alpha value is -1.22. The van der Waals surface area contributed by atoms with E-state index in [-0.39, 0.29) is 6.61 Å². The van der Waals surface area contributed by atoms with Crippen LogP contribution in [-0.2, 0) is 23.8 Å². The zero-order valence-electron chi connectivity index (χ0n) is 9.98. The van der Waals surface area contributed by atoms with Gasteiger partial charge in [0, 0.05) is 13.8 Å². The molecule has 1 rings (SSSR count). The van der Waals surface area contributed by atoms with Crippen LogP contribution in [0.1, 0.15) is 13.8 Å². The van der Waals surface area contributed by atoms with Crippen LogP contribution in [0.4, 0.5) is 0 Å². The van der Waals surface area contributed by atoms with Gasteiger partial charge >= 0.3 is 11.9 Å². The molecule has 0 aromatic heterocycles. The molecule has 0 radical (unpaired) electrons. The maximum Gasteiger partial charge on any atom is 0.303 e. The van der Waals surface area contributed by atoms with Crippen LogP contribution in [0, 0.1) is 0 Å². The lowest BCUT2D eigenvalue weighted by Gasteiger charge is -2.39. The second kappa shape index (κ2) is 6.10. The van der Waals surface area contributed by atoms with E-state index in [9.17, 15) is 24.9 Å². The number of hydrogen-bond donors (Lipinski definition) is 3. The van der Waals surface area contributed by atoms with E-state index < -0.39 is 42.6 Å². The van der Waals surface area contributed by atoms with E-state index in [4.69, 9.17) is 4.74 Å². The zero-order valence-corrected chi connectivity index (χ0v) is 9.98. The lowest BCUT2D eigenvalue weighted by molar-refractivity contribution is -0.291. The molecular weight excluding hydrogens is 248 g/mol. The van der Waals surface area contributed by atoms with Crippen molar-refractivity contribution in [2.45, 2.75) is 44.6 Å². The standard InChI is InChI=1S/C10H16O8/c1-4(11)16-3-6-7(13)8(14)9(10(15)18-6)17-5(2)12/h6-10,13-15H,3H2,1-2H3/t6-,7-,8+,9-,10-/m1/s1. The van der Waals surface area contributed by atoms with Crippen molar-refractivity contribution in [2.75, 3.05) is 6.61 Å². The van der Waals surface area contributed by atoms with E-state index in [1.165, 1.54) is 6.92 Å². The lowest BCUT2D eigenvalue weighted by atomic mass is 9.99. The van der Waals surface area contributed by atoms with Gasteiger partial charge in [0.2, 0.25) is 0 Å². The van der Waals surface area contributed by atoms with Gasteiger partial charge in [-0.15, -0.1) is 0 Å². The van der Waals surface area contributed by atoms with Gasteiger partial charge in [0.25, 0.3) is 0 Å². The highest BCUT2D eigenvalue weighted by Crippen LogP contribution is 2.22. The van der Waals surface area contributed by atoms with Gasteiger partial charge in [-0.2, -0.15) is 0 Å². The molecule has 8 heteroatoms. The second-order valence-corrected chi connectivity index (χ2v) is 3.92. The lowest BCUT2D eigenvalue weighted by Crippen LogP contribution is -2.59. The SMILES string of the molecule is CC(=O)OC[C@H]1O[C@@H](O)[C@H](OC(C)=O)[C@@H](O)[C@@H]1O. The Balaban J connectivity index is 2.64. The summed E-state index contributed by atoms with van der Waals surface area (Å²) in [4.78, 5) is 21.4. The third-order valence-corrected chi connectivity index (χ3v) is 2.42. The molecule has 0 unspecified atom stereocenters. The van der Waals surface area contributed by atoms with E-state index in [2.05, 4.69) is 9.47 Å². The summed E-state index contributed by atoms with van der Waals surface area (Å²) in [5, 5.41) is 28.9. The van der Waals surface area contributed by atoms with E-state index in [1.807, 2.05) is 0 Å². The monoisotopic (exact) mass is 264 g/mol. The van der Waals surface area contributed by atoms with Gasteiger partial charge in [-0.3, -0.25) is 9.59 Å². The van der Waals surface area contributed by atoms with Gasteiger partial charge in [0.15, 0.2) is 12.4 Å². The third kappa shape index (κ3) is 3.64. The molecule has 18 heavy (non-hydrogen) atoms. The van der Waals surface area contributed by atoms with Crippen molar-refractivity contribution in [2.24, 2.45) is 0 Å². The predicted octanol–water partition coefficient (Wildman–Crippen LogP) is -2.08. The summed E-state index contributed by atoms with van der Waals surface area (Å²) in [7, 11) is 0. The Bertz CT molecular complexity index is 315. The maximum atomic E-state index is 10.8. The maximum absolute atomic E-state index is 10.8. The molecule has 1 aliphatic rings. The van der Waals surface area contributed by atoms with E-state index in [0.717, 1.165) is 6.92 Å². The molecule has 3 N–H and O–H groups in total. The average molecular weight is 264 g/mol. The molecule has 1 aliphatic heterocycles. The van der Waals surface area contributed by atoms with Gasteiger partial charge in [0.1, 0.15) is 24.9 Å². The highest BCUT2D eigenvalue weighted by molar-refractivity contribution is 5.66. The molecule has 8 nitrogen and oxygen atoms in total. The molecular formula is C10H16O8. The van der Waals surface area contributed by atoms with Crippen LogP contribution in [0.15, 0.2) is 0 Å². The van der Waals surface area contributed by atoms with Crippen molar-refractivity contribution < 1.29 is 39.1 Å². The Morgan fingerprint density at radius 3 is 2.22 bits per heavy atom. The summed E-state index contributed by atoms with van der Waals surface area (Å²) < 4.78 is 14.2. The van der Waals surface area contributed by atoms with Crippen LogP contribution in [0.25, 0.3) is 0 Å². The molecule has 0 aliphatic carbocycles. The van der Waals surface area contributed by atoms with E-state index in [1.54, 1.807) is 0 Å². The fraction of sp³-hybridized carbons (Fsp3) is 0.800. The molecule has 1 saturated heterocycles. The van der Waals surface area contributed by atoms with Crippen molar-refractivity contribution >= 4 is 11.9 Å². The quantitative estimate of drug-likeness (QED) is 0.496. The molecule has 0 saturated carbocycles. The number of carbonyl (C=O) groups is 2. The number of aliphatic hydroxyl groups excluding tert-OH is 3. The second-order valence-electron chi connectivity index (χ2n) is 3.92. The fourth-order valence-corrected chi connectivity index (χ4v) is 1.58. The first kappa shape index (κ1) is 14.8. The fourth-order valence-electron chi connectivity index (χ4n) is 1.58. The summed E-state index contributed by atoms with van der Waals surface area (Å²) in [6, 6.07) is 0. The largest absolute Gasteiger partial charge is 0.463 e. The summed E-state index contributed by atoms with van der Waals surface area (Å²) in [6.45, 7) is 1.94. The number of aliphatic hydroxyl groups is 3. The van der Waals surface area contributed by atoms with Gasteiger partial charge in [-0.1, -0.05) is 0 Å². The number of ether oxygens (including phenoxy) is 3. The molecule has 0 aromatic rings. The van der Waals surface area contributed by atoms with E-state index in [0.29, 0.717) is 0 Å². The number of carbonyl (C=O) groups excluding carboxylic acids is 2. The smallest absolute Gasteiger partial charge is 0.303 e. The Kier molecular flexibility index (Phi) is 5.03. The molecule has 1 fully saturated rings. The Labute approximate surface area is 103 Å². The molecule has 5 atom stereocenters.